The molecule has 2 aromatic heterocycles. The van der Waals surface area contributed by atoms with Gasteiger partial charge in [0.25, 0.3) is 0 Å². The Morgan fingerprint density at radius 1 is 1.45 bits per heavy atom. The molecule has 0 aromatic carbocycles. The minimum absolute atomic E-state index is 0.128. The number of ether oxygens (including phenoxy) is 1. The summed E-state index contributed by atoms with van der Waals surface area (Å²) in [5, 5.41) is 9.56. The molecule has 22 heavy (non-hydrogen) atoms. The number of nitrogens with zero attached hydrogens (tertiary/aromatic N) is 4. The number of hydrogen-bond donors (Lipinski definition) is 4. The Morgan fingerprint density at radius 3 is 2.82 bits per heavy atom. The molecule has 11 heteroatoms. The van der Waals surface area contributed by atoms with Gasteiger partial charge in [0.2, 0.25) is 0 Å². The van der Waals surface area contributed by atoms with Gasteiger partial charge in [0.05, 0.1) is 25.6 Å². The van der Waals surface area contributed by atoms with Crippen LogP contribution in [0.25, 0.3) is 11.2 Å². The third kappa shape index (κ3) is 3.67. The van der Waals surface area contributed by atoms with Crippen molar-refractivity contribution in [3.8, 4) is 0 Å². The first kappa shape index (κ1) is 16.5. The molecule has 10 nitrogen and oxygen atoms in total. The van der Waals surface area contributed by atoms with Crippen LogP contribution < -0.4 is 5.73 Å². The van der Waals surface area contributed by atoms with Crippen molar-refractivity contribution in [2.45, 2.75) is 6.04 Å². The lowest BCUT2D eigenvalue weighted by molar-refractivity contribution is 0.163. The van der Waals surface area contributed by atoms with Crippen LogP contribution >= 0.6 is 7.60 Å². The molecule has 0 amide bonds. The van der Waals surface area contributed by atoms with Gasteiger partial charge in [-0.1, -0.05) is 6.58 Å². The molecule has 5 N–H and O–H groups in total. The van der Waals surface area contributed by atoms with Gasteiger partial charge in [-0.25, -0.2) is 15.0 Å². The fourth-order valence-corrected chi connectivity index (χ4v) is 2.23. The van der Waals surface area contributed by atoms with Crippen LogP contribution in [0.15, 0.2) is 24.8 Å². The number of aliphatic hydroxyl groups excluding tert-OH is 1. The standard InChI is InChI=1S/C11H16N5O5P/c1-7(3-21-6-22(18,19)20)8(2-17)16-5-15-9-10(12)13-4-14-11(9)16/h4-5,8,17H,1-3,6H2,(H2,12,13,14)(H2,18,19,20). The first-order valence-corrected chi connectivity index (χ1v) is 7.97. The van der Waals surface area contributed by atoms with E-state index in [0.29, 0.717) is 16.7 Å². The Hall–Kier alpha value is -1.84. The third-order valence-electron chi connectivity index (χ3n) is 2.91. The zero-order valence-corrected chi connectivity index (χ0v) is 12.4. The van der Waals surface area contributed by atoms with Crippen LogP contribution in [0, 0.1) is 0 Å². The lowest BCUT2D eigenvalue weighted by Crippen LogP contribution is -2.18. The summed E-state index contributed by atoms with van der Waals surface area (Å²) >= 11 is 0. The van der Waals surface area contributed by atoms with Crippen molar-refractivity contribution in [1.29, 1.82) is 0 Å². The van der Waals surface area contributed by atoms with E-state index in [0.717, 1.165) is 0 Å². The molecule has 0 aliphatic rings. The zero-order valence-electron chi connectivity index (χ0n) is 11.5. The lowest BCUT2D eigenvalue weighted by atomic mass is 10.1. The van der Waals surface area contributed by atoms with Gasteiger partial charge in [0.1, 0.15) is 18.2 Å². The van der Waals surface area contributed by atoms with Crippen molar-refractivity contribution in [1.82, 2.24) is 19.5 Å². The van der Waals surface area contributed by atoms with Crippen molar-refractivity contribution in [3.63, 3.8) is 0 Å². The van der Waals surface area contributed by atoms with E-state index in [-0.39, 0.29) is 19.0 Å². The van der Waals surface area contributed by atoms with Crippen LogP contribution in [0.4, 0.5) is 5.82 Å². The van der Waals surface area contributed by atoms with Crippen LogP contribution in [0.5, 0.6) is 0 Å². The summed E-state index contributed by atoms with van der Waals surface area (Å²) in [6.07, 6.45) is 1.99. The predicted octanol–water partition coefficient (Wildman–Crippen LogP) is -0.350. The van der Waals surface area contributed by atoms with E-state index in [1.54, 1.807) is 4.57 Å². The molecule has 1 unspecified atom stereocenters. The topological polar surface area (TPSA) is 157 Å². The van der Waals surface area contributed by atoms with E-state index in [9.17, 15) is 9.67 Å². The summed E-state index contributed by atoms with van der Waals surface area (Å²) in [7, 11) is -4.25. The summed E-state index contributed by atoms with van der Waals surface area (Å²) in [5.41, 5.74) is 6.91. The minimum atomic E-state index is -4.25. The van der Waals surface area contributed by atoms with Gasteiger partial charge < -0.3 is 29.9 Å². The molecule has 0 saturated heterocycles. The molecular weight excluding hydrogens is 313 g/mol. The summed E-state index contributed by atoms with van der Waals surface area (Å²) in [6.45, 7) is 3.33. The van der Waals surface area contributed by atoms with E-state index in [1.165, 1.54) is 12.7 Å². The van der Waals surface area contributed by atoms with E-state index in [1.807, 2.05) is 0 Å². The number of rotatable bonds is 7. The average Bonchev–Trinajstić information content (AvgIpc) is 2.84. The van der Waals surface area contributed by atoms with E-state index < -0.39 is 20.0 Å². The van der Waals surface area contributed by atoms with Crippen molar-refractivity contribution in [2.75, 3.05) is 25.3 Å². The molecule has 0 radical (unpaired) electrons. The molecule has 2 aromatic rings. The fraction of sp³-hybridized carbons (Fsp3) is 0.364. The number of aliphatic hydroxyl groups is 1. The van der Waals surface area contributed by atoms with Crippen molar-refractivity contribution in [3.05, 3.63) is 24.8 Å². The lowest BCUT2D eigenvalue weighted by Gasteiger charge is -2.19. The van der Waals surface area contributed by atoms with Crippen LogP contribution in [0.3, 0.4) is 0 Å². The van der Waals surface area contributed by atoms with Gasteiger partial charge >= 0.3 is 7.60 Å². The Bertz CT molecular complexity index is 727. The van der Waals surface area contributed by atoms with Crippen molar-refractivity contribution in [2.24, 2.45) is 0 Å². The molecule has 0 fully saturated rings. The molecule has 2 heterocycles. The summed E-state index contributed by atoms with van der Waals surface area (Å²) in [6, 6.07) is -0.615. The maximum Gasteiger partial charge on any atom is 0.350 e. The van der Waals surface area contributed by atoms with Crippen LogP contribution in [0.1, 0.15) is 6.04 Å². The number of nitrogen functional groups attached to an aromatic ring is 1. The smallest absolute Gasteiger partial charge is 0.350 e. The maximum absolute atomic E-state index is 10.7. The number of aromatic nitrogens is 4. The van der Waals surface area contributed by atoms with Gasteiger partial charge in [-0.15, -0.1) is 0 Å². The average molecular weight is 329 g/mol. The Kier molecular flexibility index (Phi) is 4.89. The van der Waals surface area contributed by atoms with Crippen molar-refractivity contribution < 1.29 is 24.2 Å². The number of anilines is 1. The third-order valence-corrected chi connectivity index (χ3v) is 3.43. The summed E-state index contributed by atoms with van der Waals surface area (Å²) in [4.78, 5) is 29.5. The molecular formula is C11H16N5O5P. The van der Waals surface area contributed by atoms with E-state index in [2.05, 4.69) is 21.5 Å². The number of nitrogens with two attached hydrogens (primary N) is 1. The van der Waals surface area contributed by atoms with E-state index in [4.69, 9.17) is 20.3 Å². The first-order valence-electron chi connectivity index (χ1n) is 6.17. The number of fused-ring (bicyclic) bond motifs is 1. The summed E-state index contributed by atoms with van der Waals surface area (Å²) in [5.74, 6) is 0.212. The second kappa shape index (κ2) is 6.51. The van der Waals surface area contributed by atoms with Gasteiger partial charge in [-0.05, 0) is 5.57 Å². The highest BCUT2D eigenvalue weighted by molar-refractivity contribution is 7.51. The molecule has 0 spiro atoms. The quantitative estimate of drug-likeness (QED) is 0.393. The van der Waals surface area contributed by atoms with E-state index >= 15 is 0 Å². The molecule has 1 atom stereocenters. The molecule has 2 rings (SSSR count). The highest BCUT2D eigenvalue weighted by atomic mass is 31.2. The molecule has 0 bridgehead atoms. The molecule has 0 saturated carbocycles. The summed E-state index contributed by atoms with van der Waals surface area (Å²) < 4.78 is 17.2. The Balaban J connectivity index is 2.18. The predicted molar refractivity (Wildman–Crippen MR) is 77.9 cm³/mol. The van der Waals surface area contributed by atoms with Crippen LogP contribution in [-0.4, -0.2) is 54.0 Å². The van der Waals surface area contributed by atoms with Gasteiger partial charge in [-0.2, -0.15) is 0 Å². The monoisotopic (exact) mass is 329 g/mol. The van der Waals surface area contributed by atoms with Crippen LogP contribution in [-0.2, 0) is 9.30 Å². The normalized spacial score (nSPS) is 13.4. The maximum atomic E-state index is 10.7. The Morgan fingerprint density at radius 2 is 2.18 bits per heavy atom. The zero-order chi connectivity index (χ0) is 16.3. The molecule has 120 valence electrons. The molecule has 0 aliphatic heterocycles. The van der Waals surface area contributed by atoms with Crippen molar-refractivity contribution >= 4 is 24.6 Å². The first-order chi connectivity index (χ1) is 10.3. The minimum Gasteiger partial charge on any atom is -0.394 e. The van der Waals surface area contributed by atoms with Gasteiger partial charge in [0, 0.05) is 0 Å². The Labute approximate surface area is 125 Å². The number of hydrogen-bond acceptors (Lipinski definition) is 7. The number of imidazole rings is 1. The van der Waals surface area contributed by atoms with Gasteiger partial charge in [0.15, 0.2) is 11.5 Å². The highest BCUT2D eigenvalue weighted by Crippen LogP contribution is 2.34. The highest BCUT2D eigenvalue weighted by Gasteiger charge is 2.20. The largest absolute Gasteiger partial charge is 0.394 e. The second-order valence-corrected chi connectivity index (χ2v) is 6.17. The van der Waals surface area contributed by atoms with Gasteiger partial charge in [-0.3, -0.25) is 4.57 Å². The van der Waals surface area contributed by atoms with Crippen LogP contribution in [0.2, 0.25) is 0 Å². The second-order valence-electron chi connectivity index (χ2n) is 4.58. The molecule has 0 aliphatic carbocycles. The SMILES string of the molecule is C=C(COCP(=O)(O)O)C(CO)n1cnc2c(N)ncnc21. The fourth-order valence-electron chi connectivity index (χ4n) is 1.90.